The molecule has 2 aromatic heterocycles. The molecule has 0 aliphatic heterocycles. The van der Waals surface area contributed by atoms with E-state index in [1.165, 1.54) is 10.9 Å². The summed E-state index contributed by atoms with van der Waals surface area (Å²) in [5, 5.41) is 5.93. The fourth-order valence-corrected chi connectivity index (χ4v) is 4.81. The summed E-state index contributed by atoms with van der Waals surface area (Å²) in [6, 6.07) is 17.7. The fourth-order valence-electron chi connectivity index (χ4n) is 4.16. The minimum absolute atomic E-state index is 0.195. The van der Waals surface area contributed by atoms with Gasteiger partial charge in [0.2, 0.25) is 5.82 Å². The molecule has 9 nitrogen and oxygen atoms in total. The second-order valence-corrected chi connectivity index (χ2v) is 10.2. The SMILES string of the molecule is CCOC(=O)[C@H](C)Oc1c(Cl)cc(C=Nn2c(-c3cc4cc(Br)ccc4o3)nc3ccccc3c2=O)cc1OCC. The molecule has 0 N–H and O–H groups in total. The first kappa shape index (κ1) is 28.4. The van der Waals surface area contributed by atoms with Gasteiger partial charge in [-0.1, -0.05) is 39.7 Å². The topological polar surface area (TPSA) is 105 Å². The summed E-state index contributed by atoms with van der Waals surface area (Å²) in [4.78, 5) is 30.4. The van der Waals surface area contributed by atoms with E-state index < -0.39 is 12.1 Å². The number of ether oxygens (including phenoxy) is 3. The lowest BCUT2D eigenvalue weighted by Crippen LogP contribution is -2.26. The molecule has 0 fully saturated rings. The van der Waals surface area contributed by atoms with Gasteiger partial charge in [0.05, 0.1) is 35.4 Å². The third-order valence-corrected chi connectivity index (χ3v) is 6.79. The lowest BCUT2D eigenvalue weighted by Gasteiger charge is -2.18. The van der Waals surface area contributed by atoms with Gasteiger partial charge in [-0.3, -0.25) is 4.79 Å². The number of aromatic nitrogens is 2. The Morgan fingerprint density at radius 2 is 1.95 bits per heavy atom. The molecule has 0 bridgehead atoms. The van der Waals surface area contributed by atoms with E-state index in [0.29, 0.717) is 40.2 Å². The number of esters is 1. The fraction of sp³-hybridized carbons (Fsp3) is 0.200. The summed E-state index contributed by atoms with van der Waals surface area (Å²) in [6.07, 6.45) is 0.563. The zero-order valence-corrected chi connectivity index (χ0v) is 24.7. The van der Waals surface area contributed by atoms with E-state index in [2.05, 4.69) is 21.0 Å². The Hall–Kier alpha value is -4.15. The van der Waals surface area contributed by atoms with Crippen LogP contribution in [0.15, 0.2) is 79.4 Å². The minimum atomic E-state index is -0.902. The van der Waals surface area contributed by atoms with Gasteiger partial charge in [0.1, 0.15) is 5.58 Å². The van der Waals surface area contributed by atoms with Crippen molar-refractivity contribution in [2.45, 2.75) is 26.9 Å². The Bertz CT molecular complexity index is 1850. The van der Waals surface area contributed by atoms with E-state index in [1.807, 2.05) is 37.3 Å². The molecule has 2 heterocycles. The summed E-state index contributed by atoms with van der Waals surface area (Å²) in [6.45, 7) is 5.64. The number of hydrogen-bond donors (Lipinski definition) is 0. The first-order valence-electron chi connectivity index (χ1n) is 12.8. The number of fused-ring (bicyclic) bond motifs is 2. The van der Waals surface area contributed by atoms with Gasteiger partial charge in [-0.25, -0.2) is 9.78 Å². The van der Waals surface area contributed by atoms with E-state index in [1.54, 1.807) is 44.2 Å². The van der Waals surface area contributed by atoms with Crippen LogP contribution < -0.4 is 15.0 Å². The van der Waals surface area contributed by atoms with Crippen molar-refractivity contribution in [1.82, 2.24) is 9.66 Å². The Balaban J connectivity index is 1.59. The van der Waals surface area contributed by atoms with Gasteiger partial charge in [-0.05, 0) is 74.9 Å². The highest BCUT2D eigenvalue weighted by Crippen LogP contribution is 2.37. The van der Waals surface area contributed by atoms with E-state index in [0.717, 1.165) is 9.86 Å². The van der Waals surface area contributed by atoms with Crippen LogP contribution in [-0.4, -0.2) is 41.2 Å². The first-order valence-corrected chi connectivity index (χ1v) is 14.0. The molecule has 0 saturated heterocycles. The Morgan fingerprint density at radius 1 is 1.15 bits per heavy atom. The van der Waals surface area contributed by atoms with Gasteiger partial charge in [-0.2, -0.15) is 9.78 Å². The molecule has 11 heteroatoms. The van der Waals surface area contributed by atoms with Crippen LogP contribution >= 0.6 is 27.5 Å². The predicted octanol–water partition coefficient (Wildman–Crippen LogP) is 6.84. The zero-order chi connectivity index (χ0) is 29.1. The van der Waals surface area contributed by atoms with Crippen molar-refractivity contribution in [3.63, 3.8) is 0 Å². The smallest absolute Gasteiger partial charge is 0.347 e. The molecule has 0 spiro atoms. The van der Waals surface area contributed by atoms with Crippen LogP contribution in [-0.2, 0) is 9.53 Å². The highest BCUT2D eigenvalue weighted by atomic mass is 79.9. The number of halogens is 2. The zero-order valence-electron chi connectivity index (χ0n) is 22.4. The number of hydrogen-bond acceptors (Lipinski definition) is 8. The van der Waals surface area contributed by atoms with Crippen molar-refractivity contribution in [2.24, 2.45) is 5.10 Å². The van der Waals surface area contributed by atoms with Gasteiger partial charge in [-0.15, -0.1) is 0 Å². The number of benzene rings is 3. The third-order valence-electron chi connectivity index (χ3n) is 6.02. The quantitative estimate of drug-likeness (QED) is 0.129. The standard InChI is InChI=1S/C30H25BrClN3O6/c1-4-38-25-13-18(12-22(32)27(25)40-17(3)30(37)39-5-2)16-33-35-28(34-23-9-7-6-8-21(23)29(35)36)26-15-19-14-20(31)10-11-24(19)41-26/h6-17H,4-5H2,1-3H3/t17-/m0/s1. The Kier molecular flexibility index (Phi) is 8.41. The van der Waals surface area contributed by atoms with Crippen molar-refractivity contribution in [2.75, 3.05) is 13.2 Å². The van der Waals surface area contributed by atoms with Crippen LogP contribution in [0.4, 0.5) is 0 Å². The number of carbonyl (C=O) groups excluding carboxylic acids is 1. The molecule has 5 rings (SSSR count). The van der Waals surface area contributed by atoms with Crippen LogP contribution in [0.2, 0.25) is 5.02 Å². The van der Waals surface area contributed by atoms with E-state index in [-0.39, 0.29) is 28.8 Å². The van der Waals surface area contributed by atoms with Crippen LogP contribution in [0.1, 0.15) is 26.3 Å². The number of furan rings is 1. The van der Waals surface area contributed by atoms with Gasteiger partial charge in [0.15, 0.2) is 23.4 Å². The lowest BCUT2D eigenvalue weighted by atomic mass is 10.2. The molecule has 41 heavy (non-hydrogen) atoms. The molecule has 3 aromatic carbocycles. The molecule has 0 aliphatic rings. The third kappa shape index (κ3) is 5.98. The summed E-state index contributed by atoms with van der Waals surface area (Å²) < 4.78 is 24.7. The van der Waals surface area contributed by atoms with E-state index in [4.69, 9.17) is 35.2 Å². The van der Waals surface area contributed by atoms with Gasteiger partial charge in [0.25, 0.3) is 5.56 Å². The maximum Gasteiger partial charge on any atom is 0.347 e. The average Bonchev–Trinajstić information content (AvgIpc) is 3.37. The van der Waals surface area contributed by atoms with Gasteiger partial charge in [0, 0.05) is 9.86 Å². The molecular weight excluding hydrogens is 614 g/mol. The molecule has 0 radical (unpaired) electrons. The van der Waals surface area contributed by atoms with Crippen molar-refractivity contribution >= 4 is 61.6 Å². The summed E-state index contributed by atoms with van der Waals surface area (Å²) in [5.74, 6) is 0.597. The normalized spacial score (nSPS) is 12.2. The number of carbonyl (C=O) groups is 1. The van der Waals surface area contributed by atoms with Crippen molar-refractivity contribution in [3.05, 3.63) is 86.1 Å². The monoisotopic (exact) mass is 637 g/mol. The maximum atomic E-state index is 13.6. The number of rotatable bonds is 9. The summed E-state index contributed by atoms with van der Waals surface area (Å²) in [5.41, 5.74) is 1.30. The molecule has 1 atom stereocenters. The molecule has 0 aliphatic carbocycles. The van der Waals surface area contributed by atoms with Crippen molar-refractivity contribution < 1.29 is 23.4 Å². The van der Waals surface area contributed by atoms with Crippen LogP contribution in [0.5, 0.6) is 11.5 Å². The predicted molar refractivity (Wildman–Crippen MR) is 161 cm³/mol. The highest BCUT2D eigenvalue weighted by molar-refractivity contribution is 9.10. The summed E-state index contributed by atoms with van der Waals surface area (Å²) >= 11 is 10.0. The Morgan fingerprint density at radius 3 is 2.73 bits per heavy atom. The molecule has 0 unspecified atom stereocenters. The van der Waals surface area contributed by atoms with Crippen molar-refractivity contribution in [1.29, 1.82) is 0 Å². The maximum absolute atomic E-state index is 13.6. The van der Waals surface area contributed by atoms with Gasteiger partial charge < -0.3 is 18.6 Å². The van der Waals surface area contributed by atoms with E-state index in [9.17, 15) is 9.59 Å². The van der Waals surface area contributed by atoms with Crippen molar-refractivity contribution in [3.8, 4) is 23.1 Å². The Labute approximate surface area is 248 Å². The minimum Gasteiger partial charge on any atom is -0.490 e. The number of para-hydroxylation sites is 1. The van der Waals surface area contributed by atoms with Crippen LogP contribution in [0, 0.1) is 0 Å². The number of nitrogens with zero attached hydrogens (tertiary/aromatic N) is 3. The van der Waals surface area contributed by atoms with E-state index >= 15 is 0 Å². The molecule has 0 saturated carbocycles. The lowest BCUT2D eigenvalue weighted by molar-refractivity contribution is -0.150. The second kappa shape index (κ2) is 12.2. The molecule has 5 aromatic rings. The molecular formula is C30H25BrClN3O6. The molecule has 0 amide bonds. The molecule has 210 valence electrons. The van der Waals surface area contributed by atoms with Crippen LogP contribution in [0.3, 0.4) is 0 Å². The van der Waals surface area contributed by atoms with Crippen LogP contribution in [0.25, 0.3) is 33.5 Å². The summed E-state index contributed by atoms with van der Waals surface area (Å²) in [7, 11) is 0. The largest absolute Gasteiger partial charge is 0.490 e. The second-order valence-electron chi connectivity index (χ2n) is 8.88. The average molecular weight is 639 g/mol. The first-order chi connectivity index (χ1) is 19.8. The highest BCUT2D eigenvalue weighted by Gasteiger charge is 2.21. The van der Waals surface area contributed by atoms with Gasteiger partial charge >= 0.3 is 5.97 Å².